The van der Waals surface area contributed by atoms with Crippen LogP contribution < -0.4 is 5.32 Å². The monoisotopic (exact) mass is 276 g/mol. The summed E-state index contributed by atoms with van der Waals surface area (Å²) in [7, 11) is 0. The molecule has 0 aliphatic rings. The highest BCUT2D eigenvalue weighted by molar-refractivity contribution is 6.02. The second-order valence-electron chi connectivity index (χ2n) is 4.88. The van der Waals surface area contributed by atoms with E-state index in [4.69, 9.17) is 5.11 Å². The third kappa shape index (κ3) is 2.71. The molecule has 1 heterocycles. The van der Waals surface area contributed by atoms with E-state index in [-0.39, 0.29) is 18.8 Å². The second kappa shape index (κ2) is 5.44. The van der Waals surface area contributed by atoms with Gasteiger partial charge in [0, 0.05) is 5.39 Å². The lowest BCUT2D eigenvalue weighted by Gasteiger charge is -2.26. The average molecular weight is 276 g/mol. The maximum Gasteiger partial charge on any atom is 0.336 e. The molecule has 1 aromatic heterocycles. The molecule has 0 radical (unpaired) electrons. The van der Waals surface area contributed by atoms with Crippen LogP contribution in [0.2, 0.25) is 0 Å². The summed E-state index contributed by atoms with van der Waals surface area (Å²) in [5.41, 5.74) is -0.160. The van der Waals surface area contributed by atoms with E-state index in [1.165, 1.54) is 6.07 Å². The number of hydrogen-bond donors (Lipinski definition) is 4. The van der Waals surface area contributed by atoms with Crippen molar-refractivity contribution in [2.24, 2.45) is 0 Å². The van der Waals surface area contributed by atoms with Crippen molar-refractivity contribution < 1.29 is 20.1 Å². The van der Waals surface area contributed by atoms with Gasteiger partial charge < -0.3 is 20.6 Å². The fraction of sp³-hybridized carbons (Fsp3) is 0.286. The quantitative estimate of drug-likeness (QED) is 0.652. The summed E-state index contributed by atoms with van der Waals surface area (Å²) in [6, 6.07) is 8.13. The number of anilines is 1. The SMILES string of the molecule is CC(CO)(CO)Nc1ccc2c(C(=O)O)cccc2n1. The van der Waals surface area contributed by atoms with Crippen molar-refractivity contribution in [1.82, 2.24) is 4.98 Å². The van der Waals surface area contributed by atoms with E-state index < -0.39 is 11.5 Å². The summed E-state index contributed by atoms with van der Waals surface area (Å²) in [4.78, 5) is 15.4. The Balaban J connectivity index is 2.43. The number of fused-ring (bicyclic) bond motifs is 1. The molecule has 0 aliphatic heterocycles. The molecule has 0 bridgehead atoms. The molecule has 2 rings (SSSR count). The van der Waals surface area contributed by atoms with E-state index in [1.807, 2.05) is 0 Å². The standard InChI is InChI=1S/C14H16N2O4/c1-14(7-17,8-18)16-12-6-5-9-10(13(19)20)3-2-4-11(9)15-12/h2-6,17-18H,7-8H2,1H3,(H,15,16)(H,19,20). The van der Waals surface area contributed by atoms with Gasteiger partial charge in [0.1, 0.15) is 5.82 Å². The first-order chi connectivity index (χ1) is 9.49. The van der Waals surface area contributed by atoms with Crippen molar-refractivity contribution in [3.05, 3.63) is 35.9 Å². The zero-order valence-corrected chi connectivity index (χ0v) is 11.0. The van der Waals surface area contributed by atoms with Crippen molar-refractivity contribution in [2.45, 2.75) is 12.5 Å². The largest absolute Gasteiger partial charge is 0.478 e. The summed E-state index contributed by atoms with van der Waals surface area (Å²) in [6.45, 7) is 1.16. The zero-order valence-electron chi connectivity index (χ0n) is 11.0. The van der Waals surface area contributed by atoms with Crippen LogP contribution in [0.1, 0.15) is 17.3 Å². The summed E-state index contributed by atoms with van der Waals surface area (Å²) >= 11 is 0. The molecule has 1 aromatic carbocycles. The van der Waals surface area contributed by atoms with Gasteiger partial charge in [-0.3, -0.25) is 0 Å². The van der Waals surface area contributed by atoms with Gasteiger partial charge in [0.25, 0.3) is 0 Å². The van der Waals surface area contributed by atoms with E-state index in [0.29, 0.717) is 16.7 Å². The zero-order chi connectivity index (χ0) is 14.8. The number of pyridine rings is 1. The van der Waals surface area contributed by atoms with Crippen LogP contribution in [0.3, 0.4) is 0 Å². The molecule has 0 fully saturated rings. The first-order valence-corrected chi connectivity index (χ1v) is 6.12. The highest BCUT2D eigenvalue weighted by Gasteiger charge is 2.22. The van der Waals surface area contributed by atoms with Crippen molar-refractivity contribution in [3.63, 3.8) is 0 Å². The number of aromatic carboxylic acids is 1. The van der Waals surface area contributed by atoms with Gasteiger partial charge in [-0.25, -0.2) is 9.78 Å². The van der Waals surface area contributed by atoms with Crippen molar-refractivity contribution in [2.75, 3.05) is 18.5 Å². The normalized spacial score (nSPS) is 11.6. The maximum atomic E-state index is 11.1. The molecule has 6 heteroatoms. The van der Waals surface area contributed by atoms with Crippen LogP contribution in [0, 0.1) is 0 Å². The van der Waals surface area contributed by atoms with Crippen molar-refractivity contribution in [1.29, 1.82) is 0 Å². The first-order valence-electron chi connectivity index (χ1n) is 6.12. The molecule has 106 valence electrons. The van der Waals surface area contributed by atoms with Crippen LogP contribution >= 0.6 is 0 Å². The molecular weight excluding hydrogens is 260 g/mol. The topological polar surface area (TPSA) is 103 Å². The van der Waals surface area contributed by atoms with Crippen LogP contribution in [0.4, 0.5) is 5.82 Å². The third-order valence-corrected chi connectivity index (χ3v) is 3.09. The van der Waals surface area contributed by atoms with Gasteiger partial charge in [-0.05, 0) is 31.2 Å². The highest BCUT2D eigenvalue weighted by atomic mass is 16.4. The summed E-state index contributed by atoms with van der Waals surface area (Å²) in [5.74, 6) is -0.542. The molecule has 2 aromatic rings. The third-order valence-electron chi connectivity index (χ3n) is 3.09. The molecule has 0 unspecified atom stereocenters. The van der Waals surface area contributed by atoms with Gasteiger partial charge in [0.05, 0.1) is 29.8 Å². The van der Waals surface area contributed by atoms with Crippen molar-refractivity contribution >= 4 is 22.7 Å². The van der Waals surface area contributed by atoms with Crippen LogP contribution in [0.5, 0.6) is 0 Å². The molecule has 0 aliphatic carbocycles. The second-order valence-corrected chi connectivity index (χ2v) is 4.88. The molecule has 0 saturated carbocycles. The van der Waals surface area contributed by atoms with Crippen LogP contribution in [0.25, 0.3) is 10.9 Å². The molecular formula is C14H16N2O4. The minimum absolute atomic E-state index is 0.189. The lowest BCUT2D eigenvalue weighted by Crippen LogP contribution is -2.42. The number of benzene rings is 1. The first kappa shape index (κ1) is 14.2. The van der Waals surface area contributed by atoms with E-state index >= 15 is 0 Å². The Labute approximate surface area is 115 Å². The maximum absolute atomic E-state index is 11.1. The lowest BCUT2D eigenvalue weighted by atomic mass is 10.1. The smallest absolute Gasteiger partial charge is 0.336 e. The van der Waals surface area contributed by atoms with E-state index in [0.717, 1.165) is 0 Å². The Kier molecular flexibility index (Phi) is 3.87. The van der Waals surface area contributed by atoms with Crippen LogP contribution in [0.15, 0.2) is 30.3 Å². The Morgan fingerprint density at radius 1 is 1.25 bits per heavy atom. The number of hydrogen-bond acceptors (Lipinski definition) is 5. The molecule has 4 N–H and O–H groups in total. The number of aliphatic hydroxyl groups is 2. The molecule has 6 nitrogen and oxygen atoms in total. The van der Waals surface area contributed by atoms with E-state index in [2.05, 4.69) is 10.3 Å². The number of carboxylic acids is 1. The molecule has 0 atom stereocenters. The van der Waals surface area contributed by atoms with Gasteiger partial charge >= 0.3 is 5.97 Å². The Morgan fingerprint density at radius 2 is 1.95 bits per heavy atom. The van der Waals surface area contributed by atoms with Crippen LogP contribution in [-0.2, 0) is 0 Å². The summed E-state index contributed by atoms with van der Waals surface area (Å²) in [5, 5.41) is 31.1. The number of aliphatic hydroxyl groups excluding tert-OH is 2. The van der Waals surface area contributed by atoms with Gasteiger partial charge in [-0.15, -0.1) is 0 Å². The average Bonchev–Trinajstić information content (AvgIpc) is 2.46. The number of nitrogens with one attached hydrogen (secondary N) is 1. The fourth-order valence-corrected chi connectivity index (χ4v) is 1.85. The Bertz CT molecular complexity index is 638. The Hall–Kier alpha value is -2.18. The van der Waals surface area contributed by atoms with Crippen molar-refractivity contribution in [3.8, 4) is 0 Å². The van der Waals surface area contributed by atoms with Gasteiger partial charge in [-0.2, -0.15) is 0 Å². The minimum Gasteiger partial charge on any atom is -0.478 e. The van der Waals surface area contributed by atoms with Gasteiger partial charge in [0.15, 0.2) is 0 Å². The van der Waals surface area contributed by atoms with E-state index in [1.54, 1.807) is 31.2 Å². The Morgan fingerprint density at radius 3 is 2.55 bits per heavy atom. The fourth-order valence-electron chi connectivity index (χ4n) is 1.85. The molecule has 20 heavy (non-hydrogen) atoms. The minimum atomic E-state index is -1.01. The predicted molar refractivity (Wildman–Crippen MR) is 74.9 cm³/mol. The number of carbonyl (C=O) groups is 1. The molecule has 0 amide bonds. The summed E-state index contributed by atoms with van der Waals surface area (Å²) < 4.78 is 0. The predicted octanol–water partition coefficient (Wildman–Crippen LogP) is 1.09. The number of aromatic nitrogens is 1. The highest BCUT2D eigenvalue weighted by Crippen LogP contribution is 2.21. The molecule has 0 spiro atoms. The molecule has 0 saturated heterocycles. The number of carboxylic acid groups (broad SMARTS) is 1. The summed E-state index contributed by atoms with van der Waals surface area (Å²) in [6.07, 6.45) is 0. The van der Waals surface area contributed by atoms with Gasteiger partial charge in [0.2, 0.25) is 0 Å². The number of nitrogens with zero attached hydrogens (tertiary/aromatic N) is 1. The van der Waals surface area contributed by atoms with E-state index in [9.17, 15) is 15.0 Å². The number of rotatable bonds is 5. The van der Waals surface area contributed by atoms with Gasteiger partial charge in [-0.1, -0.05) is 6.07 Å². The van der Waals surface area contributed by atoms with Crippen LogP contribution in [-0.4, -0.2) is 45.0 Å². The lowest BCUT2D eigenvalue weighted by molar-refractivity contribution is 0.0699.